The Morgan fingerprint density at radius 3 is 1.58 bits per heavy atom. The average molecular weight is 278 g/mol. The van der Waals surface area contributed by atoms with Crippen molar-refractivity contribution >= 4 is 24.0 Å². The Morgan fingerprint density at radius 1 is 0.833 bits per heavy atom. The summed E-state index contributed by atoms with van der Waals surface area (Å²) in [6, 6.07) is 0. The van der Waals surface area contributed by atoms with E-state index in [0.29, 0.717) is 10.8 Å². The van der Waals surface area contributed by atoms with E-state index in [1.165, 1.54) is 32.1 Å². The minimum absolute atomic E-state index is 0. The maximum atomic E-state index is 2.48. The fourth-order valence-electron chi connectivity index (χ4n) is 2.45. The van der Waals surface area contributed by atoms with Crippen LogP contribution in [0.25, 0.3) is 0 Å². The van der Waals surface area contributed by atoms with Crippen molar-refractivity contribution in [2.45, 2.75) is 46.0 Å². The van der Waals surface area contributed by atoms with Crippen LogP contribution in [0.2, 0.25) is 0 Å². The highest BCUT2D eigenvalue weighted by molar-refractivity contribution is 14.0. The van der Waals surface area contributed by atoms with Crippen LogP contribution in [0.15, 0.2) is 12.2 Å². The molecule has 1 heteroatoms. The molecule has 0 spiro atoms. The number of hydrogen-bond acceptors (Lipinski definition) is 0. The summed E-state index contributed by atoms with van der Waals surface area (Å²) in [5, 5.41) is 0. The van der Waals surface area contributed by atoms with Gasteiger partial charge in [0.05, 0.1) is 0 Å². The van der Waals surface area contributed by atoms with Crippen LogP contribution >= 0.6 is 24.0 Å². The normalized spacial score (nSPS) is 45.2. The van der Waals surface area contributed by atoms with Crippen LogP contribution in [0.1, 0.15) is 46.0 Å². The van der Waals surface area contributed by atoms with E-state index in [9.17, 15) is 0 Å². The van der Waals surface area contributed by atoms with E-state index in [1.807, 2.05) is 0 Å². The quantitative estimate of drug-likeness (QED) is 0.461. The SMILES string of the molecule is CC12C=CC(C)(CCC1)CC2.I. The Bertz CT molecular complexity index is 177. The summed E-state index contributed by atoms with van der Waals surface area (Å²) in [5.41, 5.74) is 1.13. The molecule has 0 heterocycles. The highest BCUT2D eigenvalue weighted by atomic mass is 127. The molecule has 0 nitrogen and oxygen atoms in total. The number of rotatable bonds is 0. The van der Waals surface area contributed by atoms with Crippen molar-refractivity contribution < 1.29 is 0 Å². The van der Waals surface area contributed by atoms with E-state index in [2.05, 4.69) is 26.0 Å². The van der Waals surface area contributed by atoms with E-state index < -0.39 is 0 Å². The molecule has 0 aromatic carbocycles. The monoisotopic (exact) mass is 278 g/mol. The van der Waals surface area contributed by atoms with Crippen molar-refractivity contribution in [1.29, 1.82) is 0 Å². The first-order chi connectivity index (χ1) is 5.12. The zero-order valence-corrected chi connectivity index (χ0v) is 10.4. The van der Waals surface area contributed by atoms with Crippen LogP contribution in [0.4, 0.5) is 0 Å². The van der Waals surface area contributed by atoms with Gasteiger partial charge in [-0.05, 0) is 36.5 Å². The molecule has 2 atom stereocenters. The van der Waals surface area contributed by atoms with Crippen LogP contribution in [0, 0.1) is 10.8 Å². The Balaban J connectivity index is 0.000000720. The predicted molar refractivity (Wildman–Crippen MR) is 63.9 cm³/mol. The lowest BCUT2D eigenvalue weighted by Crippen LogP contribution is -2.20. The molecule has 0 N–H and O–H groups in total. The van der Waals surface area contributed by atoms with Gasteiger partial charge in [0.15, 0.2) is 0 Å². The van der Waals surface area contributed by atoms with Gasteiger partial charge in [-0.1, -0.05) is 32.4 Å². The predicted octanol–water partition coefficient (Wildman–Crippen LogP) is 4.15. The average Bonchev–Trinajstić information content (AvgIpc) is 2.18. The van der Waals surface area contributed by atoms with E-state index in [1.54, 1.807) is 0 Å². The summed E-state index contributed by atoms with van der Waals surface area (Å²) >= 11 is 0. The van der Waals surface area contributed by atoms with Gasteiger partial charge in [-0.25, -0.2) is 0 Å². The van der Waals surface area contributed by atoms with Gasteiger partial charge in [0.2, 0.25) is 0 Å². The molecule has 1 fully saturated rings. The van der Waals surface area contributed by atoms with Gasteiger partial charge < -0.3 is 0 Å². The maximum Gasteiger partial charge on any atom is -0.0146 e. The van der Waals surface area contributed by atoms with Gasteiger partial charge in [-0.2, -0.15) is 0 Å². The lowest BCUT2D eigenvalue weighted by Gasteiger charge is -2.32. The molecule has 12 heavy (non-hydrogen) atoms. The van der Waals surface area contributed by atoms with Crippen LogP contribution in [-0.4, -0.2) is 0 Å². The van der Waals surface area contributed by atoms with Crippen molar-refractivity contribution in [3.05, 3.63) is 12.2 Å². The van der Waals surface area contributed by atoms with E-state index in [-0.39, 0.29) is 24.0 Å². The second kappa shape index (κ2) is 3.32. The summed E-state index contributed by atoms with van der Waals surface area (Å²) in [6.45, 7) is 4.82. The van der Waals surface area contributed by atoms with E-state index in [4.69, 9.17) is 0 Å². The number of halogens is 1. The van der Waals surface area contributed by atoms with Gasteiger partial charge in [0, 0.05) is 0 Å². The van der Waals surface area contributed by atoms with Crippen molar-refractivity contribution in [1.82, 2.24) is 0 Å². The first-order valence-electron chi connectivity index (χ1n) is 4.82. The molecule has 0 saturated heterocycles. The zero-order valence-electron chi connectivity index (χ0n) is 8.10. The van der Waals surface area contributed by atoms with Crippen molar-refractivity contribution in [2.24, 2.45) is 10.8 Å². The molecular weight excluding hydrogens is 259 g/mol. The van der Waals surface area contributed by atoms with Crippen LogP contribution in [0.3, 0.4) is 0 Å². The van der Waals surface area contributed by atoms with Gasteiger partial charge in [-0.3, -0.25) is 0 Å². The smallest absolute Gasteiger partial charge is 0.0146 e. The fraction of sp³-hybridized carbons (Fsp3) is 0.818. The molecule has 0 amide bonds. The molecule has 3 aliphatic carbocycles. The summed E-state index contributed by atoms with van der Waals surface area (Å²) < 4.78 is 0. The van der Waals surface area contributed by atoms with Crippen molar-refractivity contribution in [3.63, 3.8) is 0 Å². The number of allylic oxidation sites excluding steroid dienone is 2. The van der Waals surface area contributed by atoms with Crippen molar-refractivity contribution in [2.75, 3.05) is 0 Å². The second-order valence-corrected chi connectivity index (χ2v) is 4.99. The Hall–Kier alpha value is 0.470. The topological polar surface area (TPSA) is 0 Å². The van der Waals surface area contributed by atoms with Gasteiger partial charge in [0.1, 0.15) is 0 Å². The van der Waals surface area contributed by atoms with Gasteiger partial charge in [-0.15, -0.1) is 24.0 Å². The first-order valence-corrected chi connectivity index (χ1v) is 4.82. The molecule has 0 aromatic rings. The molecule has 3 rings (SSSR count). The van der Waals surface area contributed by atoms with Gasteiger partial charge >= 0.3 is 0 Å². The maximum absolute atomic E-state index is 2.48. The van der Waals surface area contributed by atoms with Crippen molar-refractivity contribution in [3.8, 4) is 0 Å². The molecular formula is C11H19I. The highest BCUT2D eigenvalue weighted by Crippen LogP contribution is 2.48. The highest BCUT2D eigenvalue weighted by Gasteiger charge is 2.35. The zero-order chi connectivity index (χ0) is 7.95. The van der Waals surface area contributed by atoms with Crippen LogP contribution in [0.5, 0.6) is 0 Å². The number of fused-ring (bicyclic) bond motifs is 3. The van der Waals surface area contributed by atoms with Crippen LogP contribution in [-0.2, 0) is 0 Å². The minimum atomic E-state index is 0. The summed E-state index contributed by atoms with van der Waals surface area (Å²) in [7, 11) is 0. The fourth-order valence-corrected chi connectivity index (χ4v) is 2.45. The Morgan fingerprint density at radius 2 is 1.25 bits per heavy atom. The molecule has 2 bridgehead atoms. The van der Waals surface area contributed by atoms with Gasteiger partial charge in [0.25, 0.3) is 0 Å². The third-order valence-electron chi connectivity index (χ3n) is 3.65. The second-order valence-electron chi connectivity index (χ2n) is 4.99. The third kappa shape index (κ3) is 1.86. The lowest BCUT2D eigenvalue weighted by atomic mass is 9.73. The van der Waals surface area contributed by atoms with E-state index >= 15 is 0 Å². The molecule has 0 radical (unpaired) electrons. The Labute approximate surface area is 92.8 Å². The summed E-state index contributed by atoms with van der Waals surface area (Å²) in [6.07, 6.45) is 12.0. The summed E-state index contributed by atoms with van der Waals surface area (Å²) in [4.78, 5) is 0. The molecule has 3 aliphatic rings. The molecule has 0 aromatic heterocycles. The Kier molecular flexibility index (Phi) is 2.92. The largest absolute Gasteiger partial charge is 0.107 e. The lowest BCUT2D eigenvalue weighted by molar-refractivity contribution is 0.299. The number of hydrogen-bond donors (Lipinski definition) is 0. The minimum Gasteiger partial charge on any atom is -0.107 e. The van der Waals surface area contributed by atoms with E-state index in [0.717, 1.165) is 0 Å². The van der Waals surface area contributed by atoms with Crippen LogP contribution < -0.4 is 0 Å². The standard InChI is InChI=1S/C11H18.HI/c1-10-4-3-5-11(2,8-6-10)9-7-10;/h6,8H,3-5,7,9H2,1-2H3;1H. The molecule has 0 aliphatic heterocycles. The third-order valence-corrected chi connectivity index (χ3v) is 3.65. The molecule has 70 valence electrons. The first kappa shape index (κ1) is 10.6. The molecule has 1 saturated carbocycles. The molecule has 2 unspecified atom stereocenters. The summed E-state index contributed by atoms with van der Waals surface area (Å²) in [5.74, 6) is 0.